The number of piperidine rings is 1. The molecule has 1 saturated heterocycles. The Hall–Kier alpha value is -4.83. The number of ketones is 1. The highest BCUT2D eigenvalue weighted by Crippen LogP contribution is 2.30. The number of aromatic amines is 1. The highest BCUT2D eigenvalue weighted by atomic mass is 32.2. The molecule has 1 aromatic heterocycles. The van der Waals surface area contributed by atoms with E-state index in [1.54, 1.807) is 56.0 Å². The number of likely N-dealkylation sites (tertiary alicyclic amines) is 1. The molecule has 15 nitrogen and oxygen atoms in total. The van der Waals surface area contributed by atoms with Crippen LogP contribution in [0.15, 0.2) is 44.5 Å². The van der Waals surface area contributed by atoms with Gasteiger partial charge in [0.05, 0.1) is 18.4 Å². The Labute approximate surface area is 296 Å². The standard InChI is InChI=1S/C35H46N6O9S/c1-21-18-29(49-5)23(3)24(4)31(21)51(47,48)40-27(20-30(43)36-15-9-10-22(2)42)33(44)37-28(34(45)41-16-7-6-8-17-41)19-25-11-13-26(14-12-25)32-38-35(46)50-39-32/h11-14,18,27-28,40H,6-10,15-17,19-20H2,1-5H3,(H,36,43)(H,37,44)(H,38,39,46). The van der Waals surface area contributed by atoms with Crippen LogP contribution in [0.2, 0.25) is 0 Å². The van der Waals surface area contributed by atoms with Crippen LogP contribution in [0, 0.1) is 20.8 Å². The minimum atomic E-state index is -4.39. The van der Waals surface area contributed by atoms with Gasteiger partial charge in [-0.2, -0.15) is 4.72 Å². The van der Waals surface area contributed by atoms with Gasteiger partial charge in [-0.15, -0.1) is 0 Å². The van der Waals surface area contributed by atoms with Crippen molar-refractivity contribution in [2.45, 2.75) is 89.6 Å². The minimum absolute atomic E-state index is 0.0399. The number of methoxy groups -OCH3 is 1. The number of hydrogen-bond acceptors (Lipinski definition) is 10. The number of carbonyl (C=O) groups excluding carboxylic acids is 4. The third-order valence-corrected chi connectivity index (χ3v) is 10.6. The van der Waals surface area contributed by atoms with Gasteiger partial charge >= 0.3 is 5.76 Å². The van der Waals surface area contributed by atoms with E-state index in [1.165, 1.54) is 14.0 Å². The summed E-state index contributed by atoms with van der Waals surface area (Å²) in [6.07, 6.45) is 2.72. The predicted molar refractivity (Wildman–Crippen MR) is 187 cm³/mol. The molecule has 0 spiro atoms. The van der Waals surface area contributed by atoms with Crippen LogP contribution in [-0.4, -0.2) is 85.8 Å². The number of amides is 3. The van der Waals surface area contributed by atoms with E-state index >= 15 is 0 Å². The van der Waals surface area contributed by atoms with Crippen molar-refractivity contribution in [3.05, 3.63) is 63.1 Å². The average molecular weight is 727 g/mol. The molecule has 1 aliphatic heterocycles. The van der Waals surface area contributed by atoms with Crippen molar-refractivity contribution in [3.8, 4) is 17.1 Å². The molecule has 0 aliphatic carbocycles. The fraction of sp³-hybridized carbons (Fsp3) is 0.486. The van der Waals surface area contributed by atoms with Crippen molar-refractivity contribution < 1.29 is 36.9 Å². The molecule has 4 rings (SSSR count). The summed E-state index contributed by atoms with van der Waals surface area (Å²) in [6, 6.07) is 5.71. The molecular weight excluding hydrogens is 680 g/mol. The Kier molecular flexibility index (Phi) is 13.3. The summed E-state index contributed by atoms with van der Waals surface area (Å²) in [5.74, 6) is -1.81. The number of carbonyl (C=O) groups is 4. The number of nitrogens with zero attached hydrogens (tertiary/aromatic N) is 2. The van der Waals surface area contributed by atoms with E-state index in [0.29, 0.717) is 53.1 Å². The topological polar surface area (TPSA) is 210 Å². The smallest absolute Gasteiger partial charge is 0.439 e. The zero-order valence-corrected chi connectivity index (χ0v) is 30.4. The van der Waals surface area contributed by atoms with Gasteiger partial charge in [-0.25, -0.2) is 13.2 Å². The van der Waals surface area contributed by atoms with E-state index in [1.807, 2.05) is 0 Å². The maximum atomic E-state index is 14.1. The normalized spacial score (nSPS) is 14.4. The van der Waals surface area contributed by atoms with Crippen LogP contribution >= 0.6 is 0 Å². The number of aromatic nitrogens is 2. The summed E-state index contributed by atoms with van der Waals surface area (Å²) < 4.78 is 40.3. The lowest BCUT2D eigenvalue weighted by Crippen LogP contribution is -2.56. The summed E-state index contributed by atoms with van der Waals surface area (Å²) in [5, 5.41) is 9.09. The van der Waals surface area contributed by atoms with E-state index in [2.05, 4.69) is 30.0 Å². The first-order valence-corrected chi connectivity index (χ1v) is 18.4. The number of benzene rings is 2. The van der Waals surface area contributed by atoms with Gasteiger partial charge in [0.25, 0.3) is 0 Å². The van der Waals surface area contributed by atoms with Crippen LogP contribution in [0.3, 0.4) is 0 Å². The largest absolute Gasteiger partial charge is 0.496 e. The minimum Gasteiger partial charge on any atom is -0.496 e. The van der Waals surface area contributed by atoms with Crippen LogP contribution in [0.5, 0.6) is 5.75 Å². The molecule has 2 atom stereocenters. The Balaban J connectivity index is 1.63. The first kappa shape index (κ1) is 39.0. The van der Waals surface area contributed by atoms with Crippen LogP contribution < -0.4 is 25.8 Å². The van der Waals surface area contributed by atoms with Crippen molar-refractivity contribution in [1.82, 2.24) is 30.4 Å². The van der Waals surface area contributed by atoms with E-state index in [9.17, 15) is 32.4 Å². The van der Waals surface area contributed by atoms with Crippen molar-refractivity contribution in [3.63, 3.8) is 0 Å². The van der Waals surface area contributed by atoms with Gasteiger partial charge in [-0.3, -0.25) is 23.9 Å². The number of H-pyrrole nitrogens is 1. The van der Waals surface area contributed by atoms with Crippen LogP contribution in [-0.2, 0) is 35.6 Å². The fourth-order valence-electron chi connectivity index (χ4n) is 6.10. The van der Waals surface area contributed by atoms with Crippen molar-refractivity contribution in [2.24, 2.45) is 0 Å². The van der Waals surface area contributed by atoms with Gasteiger partial charge in [0.2, 0.25) is 27.7 Å². The Morgan fingerprint density at radius 1 is 1.02 bits per heavy atom. The first-order chi connectivity index (χ1) is 24.2. The molecule has 2 aromatic carbocycles. The summed E-state index contributed by atoms with van der Waals surface area (Å²) in [5.41, 5.74) is 2.63. The summed E-state index contributed by atoms with van der Waals surface area (Å²) in [6.45, 7) is 7.59. The van der Waals surface area contributed by atoms with E-state index in [0.717, 1.165) is 19.3 Å². The zero-order chi connectivity index (χ0) is 37.3. The maximum Gasteiger partial charge on any atom is 0.439 e. The summed E-state index contributed by atoms with van der Waals surface area (Å²) in [4.78, 5) is 67.9. The lowest BCUT2D eigenvalue weighted by molar-refractivity contribution is -0.137. The number of sulfonamides is 1. The van der Waals surface area contributed by atoms with Gasteiger partial charge in [0.1, 0.15) is 23.6 Å². The third-order valence-electron chi connectivity index (χ3n) is 8.89. The van der Waals surface area contributed by atoms with Crippen molar-refractivity contribution in [2.75, 3.05) is 26.7 Å². The molecule has 0 bridgehead atoms. The Morgan fingerprint density at radius 2 is 1.71 bits per heavy atom. The molecule has 3 aromatic rings. The molecule has 4 N–H and O–H groups in total. The average Bonchev–Trinajstić information content (AvgIpc) is 3.53. The lowest BCUT2D eigenvalue weighted by atomic mass is 10.0. The molecule has 2 unspecified atom stereocenters. The van der Waals surface area contributed by atoms with Crippen LogP contribution in [0.4, 0.5) is 0 Å². The molecule has 0 radical (unpaired) electrons. The van der Waals surface area contributed by atoms with Gasteiger partial charge in [0.15, 0.2) is 5.82 Å². The quantitative estimate of drug-likeness (QED) is 0.158. The highest BCUT2D eigenvalue weighted by Gasteiger charge is 2.34. The molecule has 3 amide bonds. The molecule has 51 heavy (non-hydrogen) atoms. The zero-order valence-electron chi connectivity index (χ0n) is 29.6. The second-order valence-electron chi connectivity index (χ2n) is 12.8. The van der Waals surface area contributed by atoms with Crippen molar-refractivity contribution in [1.29, 1.82) is 0 Å². The van der Waals surface area contributed by atoms with Crippen LogP contribution in [0.25, 0.3) is 11.4 Å². The monoisotopic (exact) mass is 726 g/mol. The molecule has 16 heteroatoms. The second kappa shape index (κ2) is 17.4. The van der Waals surface area contributed by atoms with Gasteiger partial charge in [-0.05, 0) is 81.7 Å². The number of nitrogens with one attached hydrogen (secondary N) is 4. The molecule has 276 valence electrons. The number of Topliss-reactive ketones (excluding diaryl/α,β-unsaturated/α-hetero) is 1. The number of ether oxygens (including phenoxy) is 1. The number of hydrogen-bond donors (Lipinski definition) is 4. The highest BCUT2D eigenvalue weighted by molar-refractivity contribution is 7.89. The molecule has 2 heterocycles. The molecule has 1 fully saturated rings. The molecular formula is C35H46N6O9S. The van der Waals surface area contributed by atoms with Crippen molar-refractivity contribution >= 4 is 33.5 Å². The molecule has 0 saturated carbocycles. The van der Waals surface area contributed by atoms with E-state index in [-0.39, 0.29) is 41.8 Å². The predicted octanol–water partition coefficient (Wildman–Crippen LogP) is 2.23. The molecule has 1 aliphatic rings. The van der Waals surface area contributed by atoms with Gasteiger partial charge < -0.3 is 25.1 Å². The maximum absolute atomic E-state index is 14.1. The lowest BCUT2D eigenvalue weighted by Gasteiger charge is -2.31. The SMILES string of the molecule is COc1cc(C)c(S(=O)(=O)NC(CC(=O)NCCCC(C)=O)C(=O)NC(Cc2ccc(-c3noc(=O)[nH]3)cc2)C(=O)N2CCCCC2)c(C)c1C. The van der Waals surface area contributed by atoms with Gasteiger partial charge in [-0.1, -0.05) is 29.4 Å². The van der Waals surface area contributed by atoms with E-state index < -0.39 is 46.1 Å². The third kappa shape index (κ3) is 10.4. The summed E-state index contributed by atoms with van der Waals surface area (Å²) >= 11 is 0. The number of aryl methyl sites for hydroxylation is 1. The Morgan fingerprint density at radius 3 is 2.31 bits per heavy atom. The van der Waals surface area contributed by atoms with E-state index in [4.69, 9.17) is 4.74 Å². The summed E-state index contributed by atoms with van der Waals surface area (Å²) in [7, 11) is -2.90. The fourth-order valence-corrected chi connectivity index (χ4v) is 7.82. The van der Waals surface area contributed by atoms with Crippen LogP contribution in [0.1, 0.15) is 67.7 Å². The number of rotatable bonds is 16. The first-order valence-electron chi connectivity index (χ1n) is 16.9. The second-order valence-corrected chi connectivity index (χ2v) is 14.5. The van der Waals surface area contributed by atoms with Gasteiger partial charge in [0, 0.05) is 38.0 Å². The Bertz CT molecular complexity index is 1900.